The fraction of sp³-hybridized carbons (Fsp3) is 1.00. The Morgan fingerprint density at radius 1 is 0.333 bits per heavy atom. The lowest BCUT2D eigenvalue weighted by Gasteiger charge is -1.19. The van der Waals surface area contributed by atoms with Crippen LogP contribution in [0.5, 0.6) is 0 Å². The van der Waals surface area contributed by atoms with Gasteiger partial charge < -0.3 is 5.73 Å². The Hall–Kier alpha value is 2.86. The van der Waals surface area contributed by atoms with Crippen molar-refractivity contribution in [1.82, 2.24) is 0 Å². The van der Waals surface area contributed by atoms with E-state index in [1.165, 1.54) is 7.05 Å². The highest BCUT2D eigenvalue weighted by molar-refractivity contribution is 5.86. The molecule has 0 saturated carbocycles. The normalized spacial score (nSPS) is 0.500. The second-order valence-electron chi connectivity index (χ2n) is 0. The summed E-state index contributed by atoms with van der Waals surface area (Å²) in [6.07, 6.45) is 0. The maximum Gasteiger partial charge on any atom is -0.0195 e. The van der Waals surface area contributed by atoms with Gasteiger partial charge in [0.1, 0.15) is 0 Å². The number of hydrogen-bond donors (Lipinski definition) is 1. The number of rotatable bonds is 0. The van der Waals surface area contributed by atoms with Gasteiger partial charge in [0.15, 0.2) is 0 Å². The molecule has 0 saturated heterocycles. The van der Waals surface area contributed by atoms with Crippen LogP contribution < -0.4 is 5.73 Å². The molecule has 0 bridgehead atoms. The summed E-state index contributed by atoms with van der Waals surface area (Å²) in [7, 11) is 1.50. The zero-order valence-electron chi connectivity index (χ0n) is 5.66. The molecular weight excluding hydrogens is 381 g/mol. The highest BCUT2D eigenvalue weighted by Crippen LogP contribution is 0.699. The summed E-state index contributed by atoms with van der Waals surface area (Å²) in [6, 6.07) is 0. The van der Waals surface area contributed by atoms with Crippen molar-refractivity contribution < 1.29 is 0 Å². The second kappa shape index (κ2) is 280. The van der Waals surface area contributed by atoms with Crippen LogP contribution in [0.1, 0.15) is 0 Å². The van der Waals surface area contributed by atoms with Crippen LogP contribution >= 0.6 is 124 Å². The van der Waals surface area contributed by atoms with Gasteiger partial charge in [-0.05, 0) is 7.05 Å². The molecule has 0 aliphatic carbocycles. The van der Waals surface area contributed by atoms with Crippen molar-refractivity contribution in [3.05, 3.63) is 0 Å². The van der Waals surface area contributed by atoms with Crippen molar-refractivity contribution in [2.45, 2.75) is 0 Å². The second-order valence-corrected chi connectivity index (χ2v) is 0. The van der Waals surface area contributed by atoms with Gasteiger partial charge >= 0.3 is 0 Å². The lowest BCUT2D eigenvalue weighted by atomic mass is 11.6. The summed E-state index contributed by atoms with van der Waals surface area (Å²) >= 11 is 0. The van der Waals surface area contributed by atoms with E-state index in [-0.39, 0.29) is 124 Å². The van der Waals surface area contributed by atoms with E-state index in [1.54, 1.807) is 0 Å². The SMILES string of the molecule is CN.Cl.Cl.Cl.Cl.Cl.Cl.Cl.Cl.Cl.Cl. The van der Waals surface area contributed by atoms with Crippen LogP contribution in [0.15, 0.2) is 0 Å². The van der Waals surface area contributed by atoms with E-state index < -0.39 is 0 Å². The minimum absolute atomic E-state index is 0. The molecule has 0 fully saturated rings. The van der Waals surface area contributed by atoms with Gasteiger partial charge in [0, 0.05) is 0 Å². The molecule has 0 heterocycles. The van der Waals surface area contributed by atoms with E-state index in [1.807, 2.05) is 0 Å². The minimum atomic E-state index is 0. The maximum atomic E-state index is 4.50. The average molecular weight is 396 g/mol. The topological polar surface area (TPSA) is 26.0 Å². The highest BCUT2D eigenvalue weighted by Gasteiger charge is 0.836. The van der Waals surface area contributed by atoms with E-state index in [0.717, 1.165) is 0 Å². The van der Waals surface area contributed by atoms with Gasteiger partial charge in [-0.25, -0.2) is 0 Å². The van der Waals surface area contributed by atoms with Gasteiger partial charge in [-0.15, -0.1) is 124 Å². The van der Waals surface area contributed by atoms with Crippen LogP contribution in [-0.2, 0) is 0 Å². The van der Waals surface area contributed by atoms with E-state index in [9.17, 15) is 0 Å². The van der Waals surface area contributed by atoms with Gasteiger partial charge in [-0.2, -0.15) is 0 Å². The Balaban J connectivity index is -0.000000000111. The Morgan fingerprint density at radius 3 is 0.333 bits per heavy atom. The summed E-state index contributed by atoms with van der Waals surface area (Å²) in [5, 5.41) is 0. The van der Waals surface area contributed by atoms with Crippen LogP contribution in [0.2, 0.25) is 0 Å². The Morgan fingerprint density at radius 2 is 0.333 bits per heavy atom. The summed E-state index contributed by atoms with van der Waals surface area (Å²) in [6.45, 7) is 0. The third-order valence-corrected chi connectivity index (χ3v) is 0. The zero-order chi connectivity index (χ0) is 2.00. The van der Waals surface area contributed by atoms with Crippen LogP contribution in [-0.4, -0.2) is 7.05 Å². The Kier molecular flexibility index (Phi) is 4470. The third kappa shape index (κ3) is 221. The van der Waals surface area contributed by atoms with Gasteiger partial charge in [-0.3, -0.25) is 0 Å². The van der Waals surface area contributed by atoms with Crippen LogP contribution in [0.4, 0.5) is 0 Å². The standard InChI is InChI=1S/CH5N.10ClH/c1-2;;;;;;;;;;/h2H2,1H3;10*1H. The van der Waals surface area contributed by atoms with E-state index in [2.05, 4.69) is 5.73 Å². The molecule has 0 aromatic heterocycles. The quantitative estimate of drug-likeness (QED) is 0.663. The van der Waals surface area contributed by atoms with Gasteiger partial charge in [0.25, 0.3) is 0 Å². The molecule has 2 N–H and O–H groups in total. The molecule has 11 heteroatoms. The summed E-state index contributed by atoms with van der Waals surface area (Å²) in [4.78, 5) is 0. The summed E-state index contributed by atoms with van der Waals surface area (Å²) in [5.41, 5.74) is 4.50. The molecule has 12 heavy (non-hydrogen) atoms. The monoisotopic (exact) mass is 391 g/mol. The van der Waals surface area contributed by atoms with Crippen molar-refractivity contribution in [1.29, 1.82) is 0 Å². The molecule has 0 aliphatic rings. The Labute approximate surface area is 136 Å². The fourth-order valence-corrected chi connectivity index (χ4v) is 0. The van der Waals surface area contributed by atoms with Crippen molar-refractivity contribution in [2.24, 2.45) is 5.73 Å². The minimum Gasteiger partial charge on any atom is -0.333 e. The maximum absolute atomic E-state index is 4.50. The van der Waals surface area contributed by atoms with Gasteiger partial charge in [0.2, 0.25) is 0 Å². The van der Waals surface area contributed by atoms with Crippen molar-refractivity contribution in [3.63, 3.8) is 0 Å². The van der Waals surface area contributed by atoms with E-state index in [0.29, 0.717) is 0 Å². The number of hydrogen-bond acceptors (Lipinski definition) is 1. The lowest BCUT2D eigenvalue weighted by Crippen LogP contribution is -1.69. The first-order valence-electron chi connectivity index (χ1n) is 0.577. The van der Waals surface area contributed by atoms with Crippen molar-refractivity contribution in [3.8, 4) is 0 Å². The summed E-state index contributed by atoms with van der Waals surface area (Å²) < 4.78 is 0. The molecule has 0 aromatic carbocycles. The molecule has 0 unspecified atom stereocenters. The lowest BCUT2D eigenvalue weighted by molar-refractivity contribution is 1.48. The highest BCUT2D eigenvalue weighted by atomic mass is 35.5. The molecular formula is CH15Cl10N. The first-order valence-corrected chi connectivity index (χ1v) is 0.577. The predicted molar refractivity (Wildman–Crippen MR) is 82.6 cm³/mol. The molecule has 94 valence electrons. The molecule has 0 rings (SSSR count). The van der Waals surface area contributed by atoms with Crippen LogP contribution in [0, 0.1) is 0 Å². The predicted octanol–water partition coefficient (Wildman–Crippen LogP) is 3.79. The zero-order valence-corrected chi connectivity index (χ0v) is 13.8. The fourth-order valence-electron chi connectivity index (χ4n) is 0. The molecule has 0 radical (unpaired) electrons. The molecule has 0 spiro atoms. The molecule has 1 nitrogen and oxygen atoms in total. The van der Waals surface area contributed by atoms with Crippen LogP contribution in [0.25, 0.3) is 0 Å². The van der Waals surface area contributed by atoms with E-state index >= 15 is 0 Å². The van der Waals surface area contributed by atoms with E-state index in [4.69, 9.17) is 0 Å². The van der Waals surface area contributed by atoms with Gasteiger partial charge in [0.05, 0.1) is 0 Å². The molecule has 0 atom stereocenters. The van der Waals surface area contributed by atoms with Crippen molar-refractivity contribution >= 4 is 124 Å². The van der Waals surface area contributed by atoms with Gasteiger partial charge in [-0.1, -0.05) is 0 Å². The summed E-state index contributed by atoms with van der Waals surface area (Å²) in [5.74, 6) is 0. The first kappa shape index (κ1) is 192. The Bertz CT molecular complexity index is 9.80. The van der Waals surface area contributed by atoms with Crippen LogP contribution in [0.3, 0.4) is 0 Å². The third-order valence-electron chi connectivity index (χ3n) is 0. The smallest absolute Gasteiger partial charge is 0.0195 e. The number of halogens is 10. The molecule has 0 aromatic rings. The molecule has 0 amide bonds. The van der Waals surface area contributed by atoms with Crippen molar-refractivity contribution in [2.75, 3.05) is 7.05 Å². The largest absolute Gasteiger partial charge is 0.333 e. The number of nitrogens with two attached hydrogens (primary N) is 1. The average Bonchev–Trinajstić information content (AvgIpc) is 1.00. The molecule has 0 aliphatic heterocycles. The first-order chi connectivity index (χ1) is 1.00.